The summed E-state index contributed by atoms with van der Waals surface area (Å²) in [5.41, 5.74) is 6.36. The van der Waals surface area contributed by atoms with Gasteiger partial charge in [0.15, 0.2) is 16.6 Å². The van der Waals surface area contributed by atoms with E-state index in [4.69, 9.17) is 5.73 Å². The van der Waals surface area contributed by atoms with Crippen LogP contribution in [0.15, 0.2) is 42.0 Å². The number of nitrogens with one attached hydrogen (secondary N) is 1. The second kappa shape index (κ2) is 6.51. The number of carbonyl (C=O) groups excluding carboxylic acids is 1. The summed E-state index contributed by atoms with van der Waals surface area (Å²) in [6.45, 7) is 0. The monoisotopic (exact) mass is 352 g/mol. The maximum Gasteiger partial charge on any atom is 0.268 e. The van der Waals surface area contributed by atoms with Gasteiger partial charge in [-0.05, 0) is 35.9 Å². The molecule has 0 radical (unpaired) electrons. The summed E-state index contributed by atoms with van der Waals surface area (Å²) in [6.07, 6.45) is 1.26. The molecule has 0 aliphatic heterocycles. The number of rotatable bonds is 3. The normalized spacial score (nSPS) is 11.2. The van der Waals surface area contributed by atoms with E-state index in [1.54, 1.807) is 6.07 Å². The van der Waals surface area contributed by atoms with Crippen molar-refractivity contribution in [3.63, 3.8) is 0 Å². The number of thiazole rings is 1. The molecule has 1 amide bonds. The predicted octanol–water partition coefficient (Wildman–Crippen LogP) is 2.84. The number of fused-ring (bicyclic) bond motifs is 1. The number of nitrogens with zero attached hydrogens (tertiary/aromatic N) is 2. The molecule has 0 fully saturated rings. The molecule has 25 heavy (non-hydrogen) atoms. The Labute approximate surface area is 146 Å². The number of phenols is 2. The van der Waals surface area contributed by atoms with Gasteiger partial charge < -0.3 is 15.9 Å². The Kier molecular flexibility index (Phi) is 4.24. The van der Waals surface area contributed by atoms with Crippen molar-refractivity contribution < 1.29 is 15.0 Å². The number of amides is 1. The van der Waals surface area contributed by atoms with Gasteiger partial charge in [-0.15, -0.1) is 0 Å². The summed E-state index contributed by atoms with van der Waals surface area (Å²) in [6, 6.07) is 11.8. The van der Waals surface area contributed by atoms with Crippen LogP contribution in [0.3, 0.4) is 0 Å². The molecular formula is C17H12N4O3S. The molecule has 0 bridgehead atoms. The highest BCUT2D eigenvalue weighted by Gasteiger charge is 2.13. The molecule has 0 saturated carbocycles. The molecule has 0 aliphatic rings. The first kappa shape index (κ1) is 16.3. The third-order valence-corrected chi connectivity index (χ3v) is 4.28. The van der Waals surface area contributed by atoms with Gasteiger partial charge in [-0.2, -0.15) is 5.26 Å². The van der Waals surface area contributed by atoms with Crippen molar-refractivity contribution in [3.8, 4) is 17.6 Å². The minimum Gasteiger partial charge on any atom is -0.504 e. The predicted molar refractivity (Wildman–Crippen MR) is 96.0 cm³/mol. The summed E-state index contributed by atoms with van der Waals surface area (Å²) in [4.78, 5) is 16.6. The molecule has 1 aromatic heterocycles. The molecule has 2 aromatic carbocycles. The number of hydrogen-bond acceptors (Lipinski definition) is 7. The van der Waals surface area contributed by atoms with E-state index in [0.717, 1.165) is 10.2 Å². The van der Waals surface area contributed by atoms with E-state index in [1.807, 2.05) is 24.3 Å². The molecule has 5 N–H and O–H groups in total. The number of phenolic OH excluding ortho intramolecular Hbond substituents is 2. The average Bonchev–Trinajstić information content (AvgIpc) is 2.99. The van der Waals surface area contributed by atoms with E-state index >= 15 is 0 Å². The van der Waals surface area contributed by atoms with Crippen molar-refractivity contribution in [2.24, 2.45) is 0 Å². The summed E-state index contributed by atoms with van der Waals surface area (Å²) >= 11 is 1.29. The van der Waals surface area contributed by atoms with Crippen molar-refractivity contribution in [1.29, 1.82) is 5.26 Å². The van der Waals surface area contributed by atoms with Gasteiger partial charge in [0.2, 0.25) is 0 Å². The quantitative estimate of drug-likeness (QED) is 0.248. The molecule has 0 saturated heterocycles. The molecule has 0 unspecified atom stereocenters. The van der Waals surface area contributed by atoms with Crippen molar-refractivity contribution in [2.45, 2.75) is 0 Å². The van der Waals surface area contributed by atoms with E-state index in [9.17, 15) is 20.3 Å². The van der Waals surface area contributed by atoms with E-state index in [1.165, 1.54) is 29.5 Å². The summed E-state index contributed by atoms with van der Waals surface area (Å²) in [5, 5.41) is 31.2. The smallest absolute Gasteiger partial charge is 0.268 e. The fourth-order valence-electron chi connectivity index (χ4n) is 2.15. The van der Waals surface area contributed by atoms with Crippen LogP contribution in [0.2, 0.25) is 0 Å². The number of nitrogens with two attached hydrogens (primary N) is 1. The van der Waals surface area contributed by atoms with Gasteiger partial charge in [-0.1, -0.05) is 23.5 Å². The Morgan fingerprint density at radius 2 is 2.08 bits per heavy atom. The van der Waals surface area contributed by atoms with Crippen molar-refractivity contribution in [1.82, 2.24) is 4.98 Å². The first-order valence-corrected chi connectivity index (χ1v) is 7.89. The van der Waals surface area contributed by atoms with Crippen LogP contribution in [0.5, 0.6) is 11.5 Å². The second-order valence-corrected chi connectivity index (χ2v) is 6.12. The molecule has 1 heterocycles. The van der Waals surface area contributed by atoms with E-state index in [2.05, 4.69) is 10.3 Å². The highest BCUT2D eigenvalue weighted by atomic mass is 32.1. The van der Waals surface area contributed by atoms with Gasteiger partial charge in [0, 0.05) is 0 Å². The maximum absolute atomic E-state index is 12.3. The van der Waals surface area contributed by atoms with Crippen LogP contribution in [0.25, 0.3) is 16.3 Å². The molecule has 124 valence electrons. The topological polar surface area (TPSA) is 132 Å². The van der Waals surface area contributed by atoms with Crippen LogP contribution in [0.4, 0.5) is 10.8 Å². The zero-order valence-corrected chi connectivity index (χ0v) is 13.5. The van der Waals surface area contributed by atoms with E-state index in [0.29, 0.717) is 10.7 Å². The lowest BCUT2D eigenvalue weighted by Crippen LogP contribution is -2.13. The van der Waals surface area contributed by atoms with Crippen LogP contribution in [-0.2, 0) is 4.79 Å². The zero-order chi connectivity index (χ0) is 18.0. The van der Waals surface area contributed by atoms with Crippen molar-refractivity contribution in [2.75, 3.05) is 11.1 Å². The Bertz CT molecular complexity index is 993. The molecule has 0 atom stereocenters. The fraction of sp³-hybridized carbons (Fsp3) is 0. The van der Waals surface area contributed by atoms with Gasteiger partial charge in [-0.3, -0.25) is 10.1 Å². The number of nitriles is 1. The standard InChI is InChI=1S/C17H12N4O3S/c18-8-10(5-9-6-11(19)15(23)13(22)7-9)16(24)21-17-20-12-3-1-2-4-14(12)25-17/h1-7,22-23H,19H2,(H,20,21,24)/b10-5+. The largest absolute Gasteiger partial charge is 0.504 e. The number of aromatic hydroxyl groups is 2. The van der Waals surface area contributed by atoms with E-state index in [-0.39, 0.29) is 11.3 Å². The van der Waals surface area contributed by atoms with Crippen LogP contribution >= 0.6 is 11.3 Å². The fourth-order valence-corrected chi connectivity index (χ4v) is 3.01. The zero-order valence-electron chi connectivity index (χ0n) is 12.7. The number of hydrogen-bond donors (Lipinski definition) is 4. The molecular weight excluding hydrogens is 340 g/mol. The Hall–Kier alpha value is -3.57. The Morgan fingerprint density at radius 3 is 2.76 bits per heavy atom. The third-order valence-electron chi connectivity index (χ3n) is 3.33. The van der Waals surface area contributed by atoms with Gasteiger partial charge in [0.1, 0.15) is 11.6 Å². The minimum atomic E-state index is -0.632. The van der Waals surface area contributed by atoms with Crippen LogP contribution in [0.1, 0.15) is 5.56 Å². The first-order valence-electron chi connectivity index (χ1n) is 7.08. The lowest BCUT2D eigenvalue weighted by molar-refractivity contribution is -0.112. The molecule has 3 aromatic rings. The van der Waals surface area contributed by atoms with Crippen LogP contribution in [0, 0.1) is 11.3 Å². The van der Waals surface area contributed by atoms with Gasteiger partial charge in [0.05, 0.1) is 15.9 Å². The van der Waals surface area contributed by atoms with Crippen molar-refractivity contribution in [3.05, 3.63) is 47.5 Å². The van der Waals surface area contributed by atoms with Crippen LogP contribution < -0.4 is 11.1 Å². The molecule has 0 spiro atoms. The summed E-state index contributed by atoms with van der Waals surface area (Å²) in [7, 11) is 0. The summed E-state index contributed by atoms with van der Waals surface area (Å²) < 4.78 is 0.913. The third kappa shape index (κ3) is 3.36. The number of carbonyl (C=O) groups is 1. The van der Waals surface area contributed by atoms with Crippen molar-refractivity contribution >= 4 is 44.4 Å². The van der Waals surface area contributed by atoms with Gasteiger partial charge >= 0.3 is 0 Å². The molecule has 7 nitrogen and oxygen atoms in total. The highest BCUT2D eigenvalue weighted by Crippen LogP contribution is 2.33. The molecule has 3 rings (SSSR count). The average molecular weight is 352 g/mol. The lowest BCUT2D eigenvalue weighted by Gasteiger charge is -2.04. The van der Waals surface area contributed by atoms with E-state index < -0.39 is 17.4 Å². The Balaban J connectivity index is 1.87. The second-order valence-electron chi connectivity index (χ2n) is 5.09. The molecule has 8 heteroatoms. The lowest BCUT2D eigenvalue weighted by atomic mass is 10.1. The first-order chi connectivity index (χ1) is 12.0. The number of anilines is 2. The number of para-hydroxylation sites is 1. The number of aromatic nitrogens is 1. The minimum absolute atomic E-state index is 0.0601. The Morgan fingerprint density at radius 1 is 1.32 bits per heavy atom. The molecule has 0 aliphatic carbocycles. The summed E-state index contributed by atoms with van der Waals surface area (Å²) in [5.74, 6) is -1.52. The van der Waals surface area contributed by atoms with Crippen LogP contribution in [-0.4, -0.2) is 21.1 Å². The highest BCUT2D eigenvalue weighted by molar-refractivity contribution is 7.22. The maximum atomic E-state index is 12.3. The number of benzene rings is 2. The van der Waals surface area contributed by atoms with Gasteiger partial charge in [0.25, 0.3) is 5.91 Å². The van der Waals surface area contributed by atoms with Gasteiger partial charge in [-0.25, -0.2) is 4.98 Å². The SMILES string of the molecule is N#C/C(=C\c1cc(N)c(O)c(O)c1)C(=O)Nc1nc2ccccc2s1. The number of nitrogen functional groups attached to an aromatic ring is 1.